The second kappa shape index (κ2) is 6.90. The third kappa shape index (κ3) is 3.53. The fourth-order valence-electron chi connectivity index (χ4n) is 3.21. The Morgan fingerprint density at radius 3 is 2.25 bits per heavy atom. The summed E-state index contributed by atoms with van der Waals surface area (Å²) < 4.78 is 0. The third-order valence-electron chi connectivity index (χ3n) is 5.37. The lowest BCUT2D eigenvalue weighted by Crippen LogP contribution is -2.52. The van der Waals surface area contributed by atoms with E-state index in [2.05, 4.69) is 24.1 Å². The Morgan fingerprint density at radius 2 is 1.80 bits per heavy atom. The van der Waals surface area contributed by atoms with Crippen LogP contribution in [-0.4, -0.2) is 43.0 Å². The Labute approximate surface area is 123 Å². The van der Waals surface area contributed by atoms with E-state index in [1.165, 1.54) is 19.4 Å². The van der Waals surface area contributed by atoms with Gasteiger partial charge >= 0.3 is 0 Å². The predicted molar refractivity (Wildman–Crippen MR) is 82.4 cm³/mol. The predicted octanol–water partition coefficient (Wildman–Crippen LogP) is 1.74. The maximum absolute atomic E-state index is 12.7. The molecule has 0 aromatic rings. The van der Waals surface area contributed by atoms with Crippen molar-refractivity contribution in [3.8, 4) is 0 Å². The van der Waals surface area contributed by atoms with Crippen LogP contribution < -0.4 is 11.1 Å². The second-order valence-electron chi connectivity index (χ2n) is 6.61. The molecule has 3 N–H and O–H groups in total. The number of nitrogens with one attached hydrogen (secondary N) is 1. The highest BCUT2D eigenvalue weighted by atomic mass is 16.2. The third-order valence-corrected chi connectivity index (χ3v) is 5.37. The molecule has 116 valence electrons. The van der Waals surface area contributed by atoms with E-state index >= 15 is 0 Å². The van der Waals surface area contributed by atoms with Crippen LogP contribution in [0.5, 0.6) is 0 Å². The van der Waals surface area contributed by atoms with Gasteiger partial charge in [0.25, 0.3) is 0 Å². The van der Waals surface area contributed by atoms with Crippen molar-refractivity contribution >= 4 is 5.91 Å². The maximum atomic E-state index is 12.7. The molecule has 2 rings (SSSR count). The van der Waals surface area contributed by atoms with Gasteiger partial charge in [-0.15, -0.1) is 0 Å². The number of nitrogens with zero attached hydrogens (tertiary/aromatic N) is 1. The van der Waals surface area contributed by atoms with Crippen LogP contribution in [0.25, 0.3) is 0 Å². The van der Waals surface area contributed by atoms with Gasteiger partial charge in [-0.25, -0.2) is 0 Å². The lowest BCUT2D eigenvalue weighted by molar-refractivity contribution is -0.143. The summed E-state index contributed by atoms with van der Waals surface area (Å²) in [6.45, 7) is 7.59. The van der Waals surface area contributed by atoms with Crippen molar-refractivity contribution in [3.05, 3.63) is 0 Å². The van der Waals surface area contributed by atoms with Gasteiger partial charge in [-0.1, -0.05) is 13.8 Å². The minimum absolute atomic E-state index is 0.283. The number of carbonyl (C=O) groups excluding carboxylic acids is 1. The van der Waals surface area contributed by atoms with E-state index in [-0.39, 0.29) is 11.3 Å². The second-order valence-corrected chi connectivity index (χ2v) is 6.61. The summed E-state index contributed by atoms with van der Waals surface area (Å²) in [5.41, 5.74) is 5.57. The van der Waals surface area contributed by atoms with Crippen molar-refractivity contribution in [2.75, 3.05) is 26.2 Å². The SMILES string of the molecule is CCC(CC)(CN)C(=O)N1CCC(NCC2CC2)CC1. The minimum Gasteiger partial charge on any atom is -0.342 e. The lowest BCUT2D eigenvalue weighted by atomic mass is 9.80. The van der Waals surface area contributed by atoms with Gasteiger partial charge in [-0.3, -0.25) is 4.79 Å². The van der Waals surface area contributed by atoms with E-state index in [1.807, 2.05) is 0 Å². The zero-order valence-corrected chi connectivity index (χ0v) is 13.2. The molecule has 0 aromatic carbocycles. The molecule has 0 spiro atoms. The molecule has 1 amide bonds. The Balaban J connectivity index is 1.80. The number of carbonyl (C=O) groups is 1. The first-order valence-electron chi connectivity index (χ1n) is 8.38. The molecule has 2 aliphatic rings. The van der Waals surface area contributed by atoms with E-state index in [1.54, 1.807) is 0 Å². The molecule has 4 heteroatoms. The molecule has 1 saturated carbocycles. The Hall–Kier alpha value is -0.610. The summed E-state index contributed by atoms with van der Waals surface area (Å²) in [5, 5.41) is 3.66. The molecular weight excluding hydrogens is 250 g/mol. The van der Waals surface area contributed by atoms with Crippen LogP contribution >= 0.6 is 0 Å². The summed E-state index contributed by atoms with van der Waals surface area (Å²) in [6, 6.07) is 0.607. The Morgan fingerprint density at radius 1 is 1.20 bits per heavy atom. The van der Waals surface area contributed by atoms with Crippen LogP contribution in [0, 0.1) is 11.3 Å². The first-order valence-corrected chi connectivity index (χ1v) is 8.38. The zero-order valence-electron chi connectivity index (χ0n) is 13.2. The van der Waals surface area contributed by atoms with Gasteiger partial charge in [0.05, 0.1) is 5.41 Å². The van der Waals surface area contributed by atoms with Crippen LogP contribution in [0.4, 0.5) is 0 Å². The number of piperidine rings is 1. The minimum atomic E-state index is -0.325. The summed E-state index contributed by atoms with van der Waals surface area (Å²) in [5.74, 6) is 1.21. The normalized spacial score (nSPS) is 21.2. The van der Waals surface area contributed by atoms with Crippen molar-refractivity contribution in [3.63, 3.8) is 0 Å². The molecule has 0 aromatic heterocycles. The maximum Gasteiger partial charge on any atom is 0.230 e. The van der Waals surface area contributed by atoms with E-state index in [0.29, 0.717) is 12.6 Å². The van der Waals surface area contributed by atoms with Crippen molar-refractivity contribution in [1.29, 1.82) is 0 Å². The average molecular weight is 281 g/mol. The molecular formula is C16H31N3O. The molecule has 2 fully saturated rings. The van der Waals surface area contributed by atoms with Gasteiger partial charge in [0.15, 0.2) is 0 Å². The van der Waals surface area contributed by atoms with Gasteiger partial charge in [-0.05, 0) is 51.0 Å². The van der Waals surface area contributed by atoms with Crippen molar-refractivity contribution < 1.29 is 4.79 Å². The lowest BCUT2D eigenvalue weighted by Gasteiger charge is -2.39. The van der Waals surface area contributed by atoms with Crippen LogP contribution in [-0.2, 0) is 4.79 Å². The van der Waals surface area contributed by atoms with Crippen LogP contribution in [0.15, 0.2) is 0 Å². The van der Waals surface area contributed by atoms with E-state index < -0.39 is 0 Å². The zero-order chi connectivity index (χ0) is 14.6. The van der Waals surface area contributed by atoms with Gasteiger partial charge in [0.2, 0.25) is 5.91 Å². The molecule has 1 saturated heterocycles. The average Bonchev–Trinajstić information content (AvgIpc) is 3.32. The Bertz CT molecular complexity index is 307. The number of hydrogen-bond donors (Lipinski definition) is 2. The van der Waals surface area contributed by atoms with Gasteiger partial charge in [-0.2, -0.15) is 0 Å². The molecule has 4 nitrogen and oxygen atoms in total. The monoisotopic (exact) mass is 281 g/mol. The van der Waals surface area contributed by atoms with Crippen molar-refractivity contribution in [1.82, 2.24) is 10.2 Å². The molecule has 1 aliphatic carbocycles. The van der Waals surface area contributed by atoms with Crippen LogP contribution in [0.1, 0.15) is 52.4 Å². The van der Waals surface area contributed by atoms with Crippen LogP contribution in [0.3, 0.4) is 0 Å². The number of rotatable bonds is 7. The molecule has 0 atom stereocenters. The molecule has 0 unspecified atom stereocenters. The van der Waals surface area contributed by atoms with Crippen molar-refractivity contribution in [2.45, 2.75) is 58.4 Å². The van der Waals surface area contributed by atoms with E-state index in [0.717, 1.165) is 44.7 Å². The fraction of sp³-hybridized carbons (Fsp3) is 0.938. The number of nitrogens with two attached hydrogens (primary N) is 1. The first kappa shape index (κ1) is 15.8. The van der Waals surface area contributed by atoms with Crippen molar-refractivity contribution in [2.24, 2.45) is 17.1 Å². The smallest absolute Gasteiger partial charge is 0.230 e. The summed E-state index contributed by atoms with van der Waals surface area (Å²) in [6.07, 6.45) is 6.67. The molecule has 1 aliphatic heterocycles. The fourth-order valence-corrected chi connectivity index (χ4v) is 3.21. The van der Waals surface area contributed by atoms with Crippen LogP contribution in [0.2, 0.25) is 0 Å². The number of likely N-dealkylation sites (tertiary alicyclic amines) is 1. The number of hydrogen-bond acceptors (Lipinski definition) is 3. The topological polar surface area (TPSA) is 58.4 Å². The van der Waals surface area contributed by atoms with Gasteiger partial charge in [0.1, 0.15) is 0 Å². The quantitative estimate of drug-likeness (QED) is 0.747. The summed E-state index contributed by atoms with van der Waals surface area (Å²) in [7, 11) is 0. The van der Waals surface area contributed by atoms with Gasteiger partial charge in [0, 0.05) is 25.7 Å². The molecule has 0 radical (unpaired) electrons. The largest absolute Gasteiger partial charge is 0.342 e. The highest BCUT2D eigenvalue weighted by Crippen LogP contribution is 2.30. The summed E-state index contributed by atoms with van der Waals surface area (Å²) >= 11 is 0. The number of amides is 1. The summed E-state index contributed by atoms with van der Waals surface area (Å²) in [4.78, 5) is 14.8. The molecule has 1 heterocycles. The molecule has 0 bridgehead atoms. The highest BCUT2D eigenvalue weighted by molar-refractivity contribution is 5.83. The molecule has 20 heavy (non-hydrogen) atoms. The van der Waals surface area contributed by atoms with Gasteiger partial charge < -0.3 is 16.0 Å². The highest BCUT2D eigenvalue weighted by Gasteiger charge is 2.38. The first-order chi connectivity index (χ1) is 9.65. The van der Waals surface area contributed by atoms with E-state index in [9.17, 15) is 4.79 Å². The van der Waals surface area contributed by atoms with E-state index in [4.69, 9.17) is 5.73 Å². The standard InChI is InChI=1S/C16H31N3O/c1-3-16(4-2,12-17)15(20)19-9-7-14(8-10-19)18-11-13-5-6-13/h13-14,18H,3-12,17H2,1-2H3. The Kier molecular flexibility index (Phi) is 5.44.